The molecule has 24 heavy (non-hydrogen) atoms. The number of hydrogen-bond donors (Lipinski definition) is 2. The molecule has 2 aromatic rings. The molecule has 0 radical (unpaired) electrons. The Balaban J connectivity index is 1.91. The van der Waals surface area contributed by atoms with Crippen molar-refractivity contribution < 1.29 is 18.0 Å². The molecule has 6 heteroatoms. The standard InChI is InChI=1S/C18H19F3N2O/c1-12(13-4-2-6-15(10-13)18(19,20)21)8-9-23-17(24)14-5-3-7-16(22)11-14/h2-7,10-12H,8-9,22H2,1H3,(H,23,24). The average molecular weight is 336 g/mol. The van der Waals surface area contributed by atoms with E-state index in [0.717, 1.165) is 12.1 Å². The Bertz CT molecular complexity index is 713. The van der Waals surface area contributed by atoms with Crippen molar-refractivity contribution in [3.8, 4) is 0 Å². The second-order valence-electron chi connectivity index (χ2n) is 5.69. The molecule has 1 unspecified atom stereocenters. The number of amides is 1. The highest BCUT2D eigenvalue weighted by molar-refractivity contribution is 5.94. The van der Waals surface area contributed by atoms with E-state index in [1.165, 1.54) is 6.07 Å². The van der Waals surface area contributed by atoms with Crippen LogP contribution >= 0.6 is 0 Å². The van der Waals surface area contributed by atoms with Gasteiger partial charge in [-0.2, -0.15) is 13.2 Å². The zero-order valence-electron chi connectivity index (χ0n) is 13.2. The Morgan fingerprint density at radius 1 is 1.17 bits per heavy atom. The number of rotatable bonds is 5. The lowest BCUT2D eigenvalue weighted by Gasteiger charge is -2.15. The van der Waals surface area contributed by atoms with Crippen molar-refractivity contribution in [2.24, 2.45) is 0 Å². The van der Waals surface area contributed by atoms with Gasteiger partial charge in [-0.05, 0) is 42.2 Å². The predicted molar refractivity (Wildman–Crippen MR) is 87.7 cm³/mol. The number of carbonyl (C=O) groups excluding carboxylic acids is 1. The van der Waals surface area contributed by atoms with Gasteiger partial charge in [-0.25, -0.2) is 0 Å². The minimum atomic E-state index is -4.35. The van der Waals surface area contributed by atoms with Crippen LogP contribution in [0, 0.1) is 0 Å². The Hall–Kier alpha value is -2.50. The number of hydrogen-bond acceptors (Lipinski definition) is 2. The van der Waals surface area contributed by atoms with Crippen LogP contribution in [0.3, 0.4) is 0 Å². The third kappa shape index (κ3) is 4.75. The van der Waals surface area contributed by atoms with E-state index in [-0.39, 0.29) is 11.8 Å². The lowest BCUT2D eigenvalue weighted by atomic mass is 9.96. The monoisotopic (exact) mass is 336 g/mol. The third-order valence-electron chi connectivity index (χ3n) is 3.79. The smallest absolute Gasteiger partial charge is 0.399 e. The fourth-order valence-corrected chi connectivity index (χ4v) is 2.37. The summed E-state index contributed by atoms with van der Waals surface area (Å²) in [6.45, 7) is 2.20. The van der Waals surface area contributed by atoms with E-state index in [4.69, 9.17) is 5.73 Å². The second kappa shape index (κ2) is 7.38. The molecule has 0 aliphatic heterocycles. The van der Waals surface area contributed by atoms with Gasteiger partial charge in [0.15, 0.2) is 0 Å². The van der Waals surface area contributed by atoms with Crippen LogP contribution in [0.15, 0.2) is 48.5 Å². The molecule has 128 valence electrons. The summed E-state index contributed by atoms with van der Waals surface area (Å²) in [5.41, 5.74) is 6.53. The Labute approximate surface area is 138 Å². The Morgan fingerprint density at radius 2 is 1.88 bits per heavy atom. The van der Waals surface area contributed by atoms with Crippen molar-refractivity contribution in [3.05, 3.63) is 65.2 Å². The lowest BCUT2D eigenvalue weighted by Crippen LogP contribution is -2.25. The summed E-state index contributed by atoms with van der Waals surface area (Å²) < 4.78 is 38.2. The summed E-state index contributed by atoms with van der Waals surface area (Å²) >= 11 is 0. The molecule has 0 aromatic heterocycles. The maximum Gasteiger partial charge on any atom is 0.416 e. The molecular weight excluding hydrogens is 317 g/mol. The van der Waals surface area contributed by atoms with Crippen molar-refractivity contribution in [2.45, 2.75) is 25.4 Å². The molecule has 3 N–H and O–H groups in total. The summed E-state index contributed by atoms with van der Waals surface area (Å²) in [6, 6.07) is 11.9. The molecule has 3 nitrogen and oxygen atoms in total. The number of nitrogens with one attached hydrogen (secondary N) is 1. The molecule has 0 bridgehead atoms. The maximum atomic E-state index is 12.7. The summed E-state index contributed by atoms with van der Waals surface area (Å²) in [5.74, 6) is -0.355. The molecule has 0 saturated carbocycles. The van der Waals surface area contributed by atoms with E-state index >= 15 is 0 Å². The average Bonchev–Trinajstić information content (AvgIpc) is 2.54. The van der Waals surface area contributed by atoms with Crippen LogP contribution in [0.4, 0.5) is 18.9 Å². The number of nitrogens with two attached hydrogens (primary N) is 1. The largest absolute Gasteiger partial charge is 0.416 e. The third-order valence-corrected chi connectivity index (χ3v) is 3.79. The summed E-state index contributed by atoms with van der Waals surface area (Å²) in [5, 5.41) is 2.75. The number of anilines is 1. The zero-order valence-corrected chi connectivity index (χ0v) is 13.2. The first kappa shape index (κ1) is 17.8. The summed E-state index contributed by atoms with van der Waals surface area (Å²) in [6.07, 6.45) is -3.81. The van der Waals surface area contributed by atoms with E-state index < -0.39 is 11.7 Å². The van der Waals surface area contributed by atoms with Gasteiger partial charge in [0, 0.05) is 17.8 Å². The van der Waals surface area contributed by atoms with E-state index in [1.807, 2.05) is 6.92 Å². The van der Waals surface area contributed by atoms with Crippen LogP contribution in [0.5, 0.6) is 0 Å². The molecule has 1 atom stereocenters. The van der Waals surface area contributed by atoms with Gasteiger partial charge in [-0.15, -0.1) is 0 Å². The molecular formula is C18H19F3N2O. The molecule has 0 saturated heterocycles. The van der Waals surface area contributed by atoms with Gasteiger partial charge in [0.05, 0.1) is 5.56 Å². The van der Waals surface area contributed by atoms with Crippen molar-refractivity contribution in [1.29, 1.82) is 0 Å². The first-order valence-corrected chi connectivity index (χ1v) is 7.58. The first-order chi connectivity index (χ1) is 11.3. The highest BCUT2D eigenvalue weighted by atomic mass is 19.4. The number of alkyl halides is 3. The Kier molecular flexibility index (Phi) is 5.49. The van der Waals surface area contributed by atoms with E-state index in [2.05, 4.69) is 5.32 Å². The van der Waals surface area contributed by atoms with Gasteiger partial charge in [0.25, 0.3) is 5.91 Å². The van der Waals surface area contributed by atoms with Crippen LogP contribution in [-0.4, -0.2) is 12.5 Å². The number of carbonyl (C=O) groups is 1. The number of halogens is 3. The Morgan fingerprint density at radius 3 is 2.54 bits per heavy atom. The molecule has 0 fully saturated rings. The van der Waals surface area contributed by atoms with Crippen LogP contribution in [-0.2, 0) is 6.18 Å². The van der Waals surface area contributed by atoms with Crippen LogP contribution < -0.4 is 11.1 Å². The van der Waals surface area contributed by atoms with Crippen LogP contribution in [0.2, 0.25) is 0 Å². The number of nitrogen functional groups attached to an aromatic ring is 1. The van der Waals surface area contributed by atoms with Gasteiger partial charge >= 0.3 is 6.18 Å². The predicted octanol–water partition coefficient (Wildman–Crippen LogP) is 4.21. The fraction of sp³-hybridized carbons (Fsp3) is 0.278. The molecule has 0 aliphatic rings. The van der Waals surface area contributed by atoms with Crippen molar-refractivity contribution in [1.82, 2.24) is 5.32 Å². The highest BCUT2D eigenvalue weighted by Gasteiger charge is 2.30. The van der Waals surface area contributed by atoms with Crippen molar-refractivity contribution in [2.75, 3.05) is 12.3 Å². The van der Waals surface area contributed by atoms with E-state index in [0.29, 0.717) is 29.8 Å². The zero-order chi connectivity index (χ0) is 17.7. The maximum absolute atomic E-state index is 12.7. The quantitative estimate of drug-likeness (QED) is 0.804. The highest BCUT2D eigenvalue weighted by Crippen LogP contribution is 2.31. The van der Waals surface area contributed by atoms with Crippen LogP contribution in [0.1, 0.15) is 40.7 Å². The SMILES string of the molecule is CC(CCNC(=O)c1cccc(N)c1)c1cccc(C(F)(F)F)c1. The van der Waals surface area contributed by atoms with Gasteiger partial charge in [0.2, 0.25) is 0 Å². The minimum absolute atomic E-state index is 0.103. The summed E-state index contributed by atoms with van der Waals surface area (Å²) in [4.78, 5) is 12.0. The molecule has 1 amide bonds. The summed E-state index contributed by atoms with van der Waals surface area (Å²) in [7, 11) is 0. The molecule has 0 aliphatic carbocycles. The second-order valence-corrected chi connectivity index (χ2v) is 5.69. The topological polar surface area (TPSA) is 55.1 Å². The number of benzene rings is 2. The molecule has 0 heterocycles. The van der Waals surface area contributed by atoms with Crippen molar-refractivity contribution >= 4 is 11.6 Å². The first-order valence-electron chi connectivity index (χ1n) is 7.58. The van der Waals surface area contributed by atoms with Crippen LogP contribution in [0.25, 0.3) is 0 Å². The molecule has 2 aromatic carbocycles. The molecule has 2 rings (SSSR count). The minimum Gasteiger partial charge on any atom is -0.399 e. The van der Waals surface area contributed by atoms with Gasteiger partial charge in [0.1, 0.15) is 0 Å². The van der Waals surface area contributed by atoms with Gasteiger partial charge in [-0.1, -0.05) is 31.2 Å². The van der Waals surface area contributed by atoms with Gasteiger partial charge < -0.3 is 11.1 Å². The van der Waals surface area contributed by atoms with Gasteiger partial charge in [-0.3, -0.25) is 4.79 Å². The van der Waals surface area contributed by atoms with Crippen molar-refractivity contribution in [3.63, 3.8) is 0 Å². The lowest BCUT2D eigenvalue weighted by molar-refractivity contribution is -0.137. The van der Waals surface area contributed by atoms with E-state index in [1.54, 1.807) is 30.3 Å². The molecule has 0 spiro atoms. The normalized spacial score (nSPS) is 12.7. The van der Waals surface area contributed by atoms with E-state index in [9.17, 15) is 18.0 Å². The fourth-order valence-electron chi connectivity index (χ4n) is 2.37.